The van der Waals surface area contributed by atoms with Crippen LogP contribution in [-0.2, 0) is 10.8 Å². The van der Waals surface area contributed by atoms with E-state index in [-0.39, 0.29) is 10.8 Å². The van der Waals surface area contributed by atoms with Crippen LogP contribution in [0.15, 0.2) is 61.2 Å². The summed E-state index contributed by atoms with van der Waals surface area (Å²) < 4.78 is 0. The predicted octanol–water partition coefficient (Wildman–Crippen LogP) is 7.47. The van der Waals surface area contributed by atoms with Gasteiger partial charge in [0.15, 0.2) is 0 Å². The predicted molar refractivity (Wildman–Crippen MR) is 120 cm³/mol. The van der Waals surface area contributed by atoms with Gasteiger partial charge in [0.25, 0.3) is 0 Å². The molecule has 0 fully saturated rings. The Kier molecular flexibility index (Phi) is 3.42. The van der Waals surface area contributed by atoms with E-state index in [4.69, 9.17) is 0 Å². The first kappa shape index (κ1) is 17.5. The zero-order valence-electron chi connectivity index (χ0n) is 17.6. The molecule has 5 rings (SSSR count). The Morgan fingerprint density at radius 3 is 1.79 bits per heavy atom. The molecule has 0 aliphatic heterocycles. The lowest BCUT2D eigenvalue weighted by atomic mass is 9.74. The van der Waals surface area contributed by atoms with Crippen LogP contribution in [0.5, 0.6) is 0 Å². The van der Waals surface area contributed by atoms with Crippen molar-refractivity contribution in [2.24, 2.45) is 0 Å². The Morgan fingerprint density at radius 1 is 0.714 bits per heavy atom. The molecule has 0 nitrogen and oxygen atoms in total. The van der Waals surface area contributed by atoms with Crippen LogP contribution in [0, 0.1) is 13.8 Å². The van der Waals surface area contributed by atoms with Gasteiger partial charge in [-0.05, 0) is 76.9 Å². The molecule has 0 saturated heterocycles. The Labute approximate surface area is 168 Å². The number of benzene rings is 3. The van der Waals surface area contributed by atoms with Gasteiger partial charge in [0.2, 0.25) is 0 Å². The SMILES string of the molecule is C=CC1(CC)c2cc(C)ccc2-c2cc3c(cc21)-c1ccc(C)cc1C3(C)C. The maximum absolute atomic E-state index is 4.29. The van der Waals surface area contributed by atoms with Gasteiger partial charge >= 0.3 is 0 Å². The first-order valence-electron chi connectivity index (χ1n) is 10.4. The molecule has 0 saturated carbocycles. The third-order valence-corrected chi connectivity index (χ3v) is 7.30. The smallest absolute Gasteiger partial charge is 0.0389 e. The van der Waals surface area contributed by atoms with Crippen LogP contribution in [0.25, 0.3) is 22.3 Å². The molecule has 3 aromatic carbocycles. The minimum absolute atomic E-state index is 0.0300. The van der Waals surface area contributed by atoms with Crippen molar-refractivity contribution in [3.63, 3.8) is 0 Å². The van der Waals surface area contributed by atoms with Crippen LogP contribution >= 0.6 is 0 Å². The average Bonchev–Trinajstić information content (AvgIpc) is 3.07. The van der Waals surface area contributed by atoms with Crippen molar-refractivity contribution in [1.82, 2.24) is 0 Å². The number of allylic oxidation sites excluding steroid dienone is 1. The summed E-state index contributed by atoms with van der Waals surface area (Å²) in [5.74, 6) is 0. The summed E-state index contributed by atoms with van der Waals surface area (Å²) in [7, 11) is 0. The monoisotopic (exact) mass is 364 g/mol. The Hall–Kier alpha value is -2.60. The standard InChI is InChI=1S/C28H28/c1-7-28(8-2)25-14-18(4)10-12-20(25)22-15-24-21(16-26(22)28)19-11-9-17(3)13-23(19)27(24,5)6/h7,9-16H,1,8H2,2-6H3. The maximum Gasteiger partial charge on any atom is 0.0389 e. The fourth-order valence-corrected chi connectivity index (χ4v) is 5.64. The topological polar surface area (TPSA) is 0 Å². The number of hydrogen-bond donors (Lipinski definition) is 0. The minimum Gasteiger partial charge on any atom is -0.102 e. The molecule has 2 aliphatic rings. The summed E-state index contributed by atoms with van der Waals surface area (Å²) in [6.07, 6.45) is 3.21. The molecule has 0 amide bonds. The van der Waals surface area contributed by atoms with E-state index in [1.165, 1.54) is 55.6 Å². The summed E-state index contributed by atoms with van der Waals surface area (Å²) in [4.78, 5) is 0. The zero-order chi connectivity index (χ0) is 19.8. The fourth-order valence-electron chi connectivity index (χ4n) is 5.64. The number of hydrogen-bond acceptors (Lipinski definition) is 0. The van der Waals surface area contributed by atoms with Crippen LogP contribution < -0.4 is 0 Å². The summed E-state index contributed by atoms with van der Waals surface area (Å²) in [6, 6.07) is 18.8. The second kappa shape index (κ2) is 5.47. The van der Waals surface area contributed by atoms with Crippen molar-refractivity contribution in [2.45, 2.75) is 51.9 Å². The van der Waals surface area contributed by atoms with Gasteiger partial charge in [-0.15, -0.1) is 6.58 Å². The molecule has 0 radical (unpaired) electrons. The number of fused-ring (bicyclic) bond motifs is 6. The summed E-state index contributed by atoms with van der Waals surface area (Å²) >= 11 is 0. The summed E-state index contributed by atoms with van der Waals surface area (Å²) in [6.45, 7) is 15.7. The van der Waals surface area contributed by atoms with E-state index in [1.807, 2.05) is 0 Å². The highest BCUT2D eigenvalue weighted by atomic mass is 14.5. The van der Waals surface area contributed by atoms with Crippen LogP contribution in [0.1, 0.15) is 60.6 Å². The number of aryl methyl sites for hydroxylation is 2. The second-order valence-corrected chi connectivity index (χ2v) is 9.20. The van der Waals surface area contributed by atoms with Gasteiger partial charge in [-0.25, -0.2) is 0 Å². The van der Waals surface area contributed by atoms with E-state index >= 15 is 0 Å². The summed E-state index contributed by atoms with van der Waals surface area (Å²) in [5.41, 5.74) is 13.9. The van der Waals surface area contributed by atoms with Crippen LogP contribution in [0.3, 0.4) is 0 Å². The van der Waals surface area contributed by atoms with Gasteiger partial charge in [0.1, 0.15) is 0 Å². The molecule has 0 heterocycles. The van der Waals surface area contributed by atoms with Gasteiger partial charge in [-0.1, -0.05) is 74.4 Å². The van der Waals surface area contributed by atoms with Gasteiger partial charge in [-0.3, -0.25) is 0 Å². The van der Waals surface area contributed by atoms with Crippen molar-refractivity contribution >= 4 is 0 Å². The molecule has 1 atom stereocenters. The van der Waals surface area contributed by atoms with Crippen molar-refractivity contribution in [2.75, 3.05) is 0 Å². The summed E-state index contributed by atoms with van der Waals surface area (Å²) in [5, 5.41) is 0. The maximum atomic E-state index is 4.29. The first-order valence-corrected chi connectivity index (χ1v) is 10.4. The third kappa shape index (κ3) is 1.96. The van der Waals surface area contributed by atoms with E-state index in [1.54, 1.807) is 0 Å². The molecule has 1 unspecified atom stereocenters. The molecule has 0 bridgehead atoms. The van der Waals surface area contributed by atoms with E-state index < -0.39 is 0 Å². The second-order valence-electron chi connectivity index (χ2n) is 9.20. The van der Waals surface area contributed by atoms with Crippen molar-refractivity contribution in [1.29, 1.82) is 0 Å². The van der Waals surface area contributed by atoms with Crippen molar-refractivity contribution in [3.05, 3.63) is 94.6 Å². The van der Waals surface area contributed by atoms with Crippen LogP contribution in [0.2, 0.25) is 0 Å². The highest BCUT2D eigenvalue weighted by Gasteiger charge is 2.43. The Balaban J connectivity index is 1.87. The molecule has 3 aromatic rings. The molecule has 2 aliphatic carbocycles. The van der Waals surface area contributed by atoms with Crippen molar-refractivity contribution < 1.29 is 0 Å². The minimum atomic E-state index is -0.0939. The molecule has 0 spiro atoms. The van der Waals surface area contributed by atoms with Gasteiger partial charge in [0, 0.05) is 10.8 Å². The third-order valence-electron chi connectivity index (χ3n) is 7.30. The fraction of sp³-hybridized carbons (Fsp3) is 0.286. The molecule has 0 heteroatoms. The average molecular weight is 365 g/mol. The normalized spacial score (nSPS) is 20.3. The molecule has 140 valence electrons. The first-order chi connectivity index (χ1) is 13.3. The van der Waals surface area contributed by atoms with E-state index in [9.17, 15) is 0 Å². The van der Waals surface area contributed by atoms with Crippen molar-refractivity contribution in [3.8, 4) is 22.3 Å². The molecule has 0 N–H and O–H groups in total. The Morgan fingerprint density at radius 2 is 1.18 bits per heavy atom. The van der Waals surface area contributed by atoms with Gasteiger partial charge in [0.05, 0.1) is 0 Å². The molecule has 28 heavy (non-hydrogen) atoms. The lowest BCUT2D eigenvalue weighted by Crippen LogP contribution is -2.21. The quantitative estimate of drug-likeness (QED) is 0.414. The molecular formula is C28H28. The highest BCUT2D eigenvalue weighted by molar-refractivity contribution is 5.90. The van der Waals surface area contributed by atoms with Crippen LogP contribution in [0.4, 0.5) is 0 Å². The van der Waals surface area contributed by atoms with E-state index in [2.05, 4.69) is 95.8 Å². The molecule has 0 aromatic heterocycles. The lowest BCUT2D eigenvalue weighted by molar-refractivity contribution is 0.633. The Bertz CT molecular complexity index is 1160. The largest absolute Gasteiger partial charge is 0.102 e. The van der Waals surface area contributed by atoms with Crippen LogP contribution in [-0.4, -0.2) is 0 Å². The van der Waals surface area contributed by atoms with Gasteiger partial charge < -0.3 is 0 Å². The van der Waals surface area contributed by atoms with Gasteiger partial charge in [-0.2, -0.15) is 0 Å². The highest BCUT2D eigenvalue weighted by Crippen LogP contribution is 2.57. The lowest BCUT2D eigenvalue weighted by Gasteiger charge is -2.28. The molecular weight excluding hydrogens is 336 g/mol. The number of rotatable bonds is 2. The van der Waals surface area contributed by atoms with E-state index in [0.717, 1.165) is 6.42 Å². The zero-order valence-corrected chi connectivity index (χ0v) is 17.6. The van der Waals surface area contributed by atoms with E-state index in [0.29, 0.717) is 0 Å².